The highest BCUT2D eigenvalue weighted by atomic mass is 35.5. The average Bonchev–Trinajstić information content (AvgIpc) is 2.74. The Morgan fingerprint density at radius 1 is 1.06 bits per heavy atom. The lowest BCUT2D eigenvalue weighted by Crippen LogP contribution is -2.53. The van der Waals surface area contributed by atoms with Crippen LogP contribution in [0.1, 0.15) is 12.5 Å². The number of amides is 2. The number of halogens is 5. The lowest BCUT2D eigenvalue weighted by atomic mass is 10.2. The Morgan fingerprint density at radius 2 is 1.76 bits per heavy atom. The number of carbonyl (C=O) groups excluding carboxylic acids is 2. The third-order valence-corrected chi connectivity index (χ3v) is 5.69. The quantitative estimate of drug-likeness (QED) is 0.604. The second kappa shape index (κ2) is 10.5. The van der Waals surface area contributed by atoms with E-state index >= 15 is 0 Å². The van der Waals surface area contributed by atoms with Crippen LogP contribution in [-0.2, 0) is 15.8 Å². The van der Waals surface area contributed by atoms with Crippen molar-refractivity contribution in [2.24, 2.45) is 0 Å². The van der Waals surface area contributed by atoms with Crippen LogP contribution in [-0.4, -0.2) is 60.4 Å². The molecule has 0 aromatic heterocycles. The summed E-state index contributed by atoms with van der Waals surface area (Å²) in [5.74, 6) is -1.20. The predicted octanol–water partition coefficient (Wildman–Crippen LogP) is 4.08. The van der Waals surface area contributed by atoms with Crippen LogP contribution in [0, 0.1) is 5.82 Å². The monoisotopic (exact) mass is 486 g/mol. The second-order valence-electron chi connectivity index (χ2n) is 7.73. The normalized spacial score (nSPS) is 16.3. The van der Waals surface area contributed by atoms with Gasteiger partial charge in [0.05, 0.1) is 28.9 Å². The molecule has 2 aromatic rings. The highest BCUT2D eigenvalue weighted by Crippen LogP contribution is 2.33. The summed E-state index contributed by atoms with van der Waals surface area (Å²) in [7, 11) is 0. The number of piperazine rings is 1. The maximum absolute atomic E-state index is 13.3. The van der Waals surface area contributed by atoms with Gasteiger partial charge in [0.1, 0.15) is 5.82 Å². The molecule has 1 atom stereocenters. The average molecular weight is 487 g/mol. The third kappa shape index (κ3) is 6.89. The molecule has 1 heterocycles. The minimum absolute atomic E-state index is 0.0132. The standard InChI is InChI=1S/C22H23ClF4N4O2/c1-14(21(33)28-17-4-2-3-16(24)12-17)31-9-7-30(8-10-31)13-20(32)29-19-11-15(22(25,26)27)5-6-18(19)23/h2-6,11-12,14H,7-10,13H2,1H3,(H,28,33)(H,29,32). The zero-order valence-corrected chi connectivity index (χ0v) is 18.5. The summed E-state index contributed by atoms with van der Waals surface area (Å²) in [5, 5.41) is 5.13. The van der Waals surface area contributed by atoms with Crippen molar-refractivity contribution in [2.75, 3.05) is 43.4 Å². The van der Waals surface area contributed by atoms with Crippen molar-refractivity contribution < 1.29 is 27.2 Å². The minimum atomic E-state index is -4.54. The van der Waals surface area contributed by atoms with E-state index in [4.69, 9.17) is 11.6 Å². The lowest BCUT2D eigenvalue weighted by Gasteiger charge is -2.37. The van der Waals surface area contributed by atoms with Gasteiger partial charge in [0, 0.05) is 31.9 Å². The van der Waals surface area contributed by atoms with Crippen molar-refractivity contribution in [1.29, 1.82) is 0 Å². The molecule has 1 aliphatic heterocycles. The summed E-state index contributed by atoms with van der Waals surface area (Å²) in [6.45, 7) is 3.71. The molecule has 2 amide bonds. The summed E-state index contributed by atoms with van der Waals surface area (Å²) in [5.41, 5.74) is -0.630. The molecule has 6 nitrogen and oxygen atoms in total. The fourth-order valence-electron chi connectivity index (χ4n) is 3.48. The number of alkyl halides is 3. The predicted molar refractivity (Wildman–Crippen MR) is 118 cm³/mol. The summed E-state index contributed by atoms with van der Waals surface area (Å²) in [6.07, 6.45) is -4.54. The highest BCUT2D eigenvalue weighted by Gasteiger charge is 2.31. The molecule has 1 fully saturated rings. The van der Waals surface area contributed by atoms with Gasteiger partial charge in [0.2, 0.25) is 11.8 Å². The van der Waals surface area contributed by atoms with Crippen molar-refractivity contribution in [2.45, 2.75) is 19.1 Å². The zero-order valence-electron chi connectivity index (χ0n) is 17.8. The Hall–Kier alpha value is -2.69. The van der Waals surface area contributed by atoms with Crippen LogP contribution < -0.4 is 10.6 Å². The number of nitrogens with one attached hydrogen (secondary N) is 2. The highest BCUT2D eigenvalue weighted by molar-refractivity contribution is 6.33. The molecule has 1 aliphatic rings. The van der Waals surface area contributed by atoms with Gasteiger partial charge in [-0.3, -0.25) is 19.4 Å². The molecule has 1 unspecified atom stereocenters. The van der Waals surface area contributed by atoms with E-state index in [1.54, 1.807) is 13.0 Å². The van der Waals surface area contributed by atoms with Gasteiger partial charge in [-0.05, 0) is 43.3 Å². The van der Waals surface area contributed by atoms with E-state index in [9.17, 15) is 27.2 Å². The molecule has 0 aliphatic carbocycles. The van der Waals surface area contributed by atoms with Gasteiger partial charge in [-0.2, -0.15) is 13.2 Å². The van der Waals surface area contributed by atoms with E-state index in [0.717, 1.165) is 18.2 Å². The molecule has 11 heteroatoms. The minimum Gasteiger partial charge on any atom is -0.325 e. The van der Waals surface area contributed by atoms with E-state index in [2.05, 4.69) is 10.6 Å². The van der Waals surface area contributed by atoms with Crippen LogP contribution >= 0.6 is 11.6 Å². The SMILES string of the molecule is CC(C(=O)Nc1cccc(F)c1)N1CCN(CC(=O)Nc2cc(C(F)(F)F)ccc2Cl)CC1. The Labute approximate surface area is 193 Å². The topological polar surface area (TPSA) is 64.7 Å². The number of nitrogens with zero attached hydrogens (tertiary/aromatic N) is 2. The lowest BCUT2D eigenvalue weighted by molar-refractivity contribution is -0.137. The van der Waals surface area contributed by atoms with Crippen LogP contribution in [0.4, 0.5) is 28.9 Å². The van der Waals surface area contributed by atoms with E-state index in [0.29, 0.717) is 31.9 Å². The number of hydrogen-bond donors (Lipinski definition) is 2. The molecule has 0 spiro atoms. The van der Waals surface area contributed by atoms with Crippen LogP contribution in [0.2, 0.25) is 5.02 Å². The third-order valence-electron chi connectivity index (χ3n) is 5.36. The number of anilines is 2. The smallest absolute Gasteiger partial charge is 0.325 e. The summed E-state index contributed by atoms with van der Waals surface area (Å²) < 4.78 is 52.0. The molecule has 3 rings (SSSR count). The summed E-state index contributed by atoms with van der Waals surface area (Å²) in [4.78, 5) is 28.6. The first-order valence-electron chi connectivity index (χ1n) is 10.2. The Bertz CT molecular complexity index is 1010. The van der Waals surface area contributed by atoms with Gasteiger partial charge in [-0.1, -0.05) is 17.7 Å². The van der Waals surface area contributed by atoms with Crippen LogP contribution in [0.15, 0.2) is 42.5 Å². The molecule has 0 bridgehead atoms. The number of hydrogen-bond acceptors (Lipinski definition) is 4. The fraction of sp³-hybridized carbons (Fsp3) is 0.364. The van der Waals surface area contributed by atoms with Crippen LogP contribution in [0.3, 0.4) is 0 Å². The molecule has 0 radical (unpaired) electrons. The molecule has 178 valence electrons. The van der Waals surface area contributed by atoms with Crippen molar-refractivity contribution in [1.82, 2.24) is 9.80 Å². The molecular weight excluding hydrogens is 464 g/mol. The van der Waals surface area contributed by atoms with Gasteiger partial charge in [-0.15, -0.1) is 0 Å². The van der Waals surface area contributed by atoms with Crippen molar-refractivity contribution in [3.8, 4) is 0 Å². The van der Waals surface area contributed by atoms with Crippen molar-refractivity contribution in [3.05, 3.63) is 58.9 Å². The first-order chi connectivity index (χ1) is 15.5. The summed E-state index contributed by atoms with van der Waals surface area (Å²) >= 11 is 5.92. The van der Waals surface area contributed by atoms with Gasteiger partial charge in [0.25, 0.3) is 0 Å². The molecular formula is C22H23ClF4N4O2. The van der Waals surface area contributed by atoms with E-state index in [1.165, 1.54) is 18.2 Å². The summed E-state index contributed by atoms with van der Waals surface area (Å²) in [6, 6.07) is 7.91. The molecule has 1 saturated heterocycles. The van der Waals surface area contributed by atoms with Gasteiger partial charge >= 0.3 is 6.18 Å². The molecule has 0 saturated carbocycles. The maximum atomic E-state index is 13.3. The molecule has 33 heavy (non-hydrogen) atoms. The number of carbonyl (C=O) groups is 2. The Kier molecular flexibility index (Phi) is 7.93. The van der Waals surface area contributed by atoms with Crippen LogP contribution in [0.25, 0.3) is 0 Å². The largest absolute Gasteiger partial charge is 0.416 e. The maximum Gasteiger partial charge on any atom is 0.416 e. The number of benzene rings is 2. The van der Waals surface area contributed by atoms with E-state index < -0.39 is 29.5 Å². The van der Waals surface area contributed by atoms with Gasteiger partial charge < -0.3 is 10.6 Å². The molecule has 2 aromatic carbocycles. The Balaban J connectivity index is 1.49. The van der Waals surface area contributed by atoms with Crippen LogP contribution in [0.5, 0.6) is 0 Å². The van der Waals surface area contributed by atoms with Gasteiger partial charge in [-0.25, -0.2) is 4.39 Å². The number of rotatable bonds is 6. The molecule has 2 N–H and O–H groups in total. The Morgan fingerprint density at radius 3 is 2.39 bits per heavy atom. The van der Waals surface area contributed by atoms with Gasteiger partial charge in [0.15, 0.2) is 0 Å². The first kappa shape index (κ1) is 24.9. The van der Waals surface area contributed by atoms with E-state index in [1.807, 2.05) is 9.80 Å². The van der Waals surface area contributed by atoms with Crippen molar-refractivity contribution >= 4 is 34.8 Å². The zero-order chi connectivity index (χ0) is 24.2. The van der Waals surface area contributed by atoms with Crippen molar-refractivity contribution in [3.63, 3.8) is 0 Å². The van der Waals surface area contributed by atoms with E-state index in [-0.39, 0.29) is 23.2 Å². The first-order valence-corrected chi connectivity index (χ1v) is 10.6. The second-order valence-corrected chi connectivity index (χ2v) is 8.14. The fourth-order valence-corrected chi connectivity index (χ4v) is 3.64.